The molecule has 7 heteroatoms. The van der Waals surface area contributed by atoms with E-state index >= 15 is 0 Å². The van der Waals surface area contributed by atoms with Crippen LogP contribution in [0.25, 0.3) is 0 Å². The molecule has 0 aliphatic carbocycles. The Morgan fingerprint density at radius 3 is 2.29 bits per heavy atom. The maximum atomic E-state index is 11.8. The van der Waals surface area contributed by atoms with E-state index in [1.54, 1.807) is 19.2 Å². The number of carbonyl (C=O) groups is 1. The van der Waals surface area contributed by atoms with Gasteiger partial charge >= 0.3 is 6.09 Å². The van der Waals surface area contributed by atoms with Crippen molar-refractivity contribution in [3.05, 3.63) is 36.4 Å². The molecule has 7 nitrogen and oxygen atoms in total. The molecule has 0 N–H and O–H groups in total. The fraction of sp³-hybridized carbons (Fsp3) is 0.286. The number of nitrogens with zero attached hydrogens (tertiary/aromatic N) is 2. The summed E-state index contributed by atoms with van der Waals surface area (Å²) < 4.78 is 22.2. The molecular formula is C14H16N2O5. The second-order valence-electron chi connectivity index (χ2n) is 4.04. The Bertz CT molecular complexity index is 585. The molecule has 0 radical (unpaired) electrons. The average molecular weight is 292 g/mol. The molecule has 1 aromatic carbocycles. The van der Waals surface area contributed by atoms with Gasteiger partial charge in [0, 0.05) is 24.5 Å². The lowest BCUT2D eigenvalue weighted by Crippen LogP contribution is -2.12. The molecule has 0 atom stereocenters. The highest BCUT2D eigenvalue weighted by Gasteiger charge is 2.15. The van der Waals surface area contributed by atoms with E-state index < -0.39 is 6.09 Å². The van der Waals surface area contributed by atoms with Crippen molar-refractivity contribution in [2.24, 2.45) is 0 Å². The summed E-state index contributed by atoms with van der Waals surface area (Å²) in [6, 6.07) is 3.39. The summed E-state index contributed by atoms with van der Waals surface area (Å²) in [5.41, 5.74) is 0.620. The van der Waals surface area contributed by atoms with Gasteiger partial charge in [-0.3, -0.25) is 0 Å². The van der Waals surface area contributed by atoms with Crippen LogP contribution in [-0.2, 0) is 11.3 Å². The van der Waals surface area contributed by atoms with Gasteiger partial charge in [-0.1, -0.05) is 0 Å². The number of methoxy groups -OCH3 is 3. The minimum absolute atomic E-state index is 0.00730. The van der Waals surface area contributed by atoms with Gasteiger partial charge in [0.05, 0.1) is 26.9 Å². The van der Waals surface area contributed by atoms with E-state index in [2.05, 4.69) is 4.98 Å². The molecule has 1 aromatic heterocycles. The van der Waals surface area contributed by atoms with Crippen molar-refractivity contribution < 1.29 is 23.7 Å². The minimum atomic E-state index is -0.535. The monoisotopic (exact) mass is 292 g/mol. The van der Waals surface area contributed by atoms with E-state index in [0.717, 1.165) is 0 Å². The smallest absolute Gasteiger partial charge is 0.419 e. The first-order valence-electron chi connectivity index (χ1n) is 6.13. The molecule has 0 aliphatic heterocycles. The van der Waals surface area contributed by atoms with Crippen LogP contribution in [0.4, 0.5) is 4.79 Å². The highest BCUT2D eigenvalue weighted by molar-refractivity contribution is 5.70. The molecule has 1 heterocycles. The lowest BCUT2D eigenvalue weighted by atomic mass is 10.1. The second kappa shape index (κ2) is 6.65. The van der Waals surface area contributed by atoms with Crippen LogP contribution in [-0.4, -0.2) is 37.0 Å². The van der Waals surface area contributed by atoms with Crippen LogP contribution in [0.15, 0.2) is 30.9 Å². The van der Waals surface area contributed by atoms with Crippen molar-refractivity contribution in [2.45, 2.75) is 6.61 Å². The highest BCUT2D eigenvalue weighted by Crippen LogP contribution is 2.34. The van der Waals surface area contributed by atoms with E-state index in [1.165, 1.54) is 37.5 Å². The Kier molecular flexibility index (Phi) is 4.65. The Hall–Kier alpha value is -2.70. The van der Waals surface area contributed by atoms with Crippen LogP contribution in [0.2, 0.25) is 0 Å². The SMILES string of the molecule is COc1cc(OC)c(COC(=O)n2ccnc2)c(OC)c1. The van der Waals surface area contributed by atoms with E-state index in [1.807, 2.05) is 0 Å². The van der Waals surface area contributed by atoms with Crippen LogP contribution >= 0.6 is 0 Å². The predicted molar refractivity (Wildman–Crippen MR) is 73.9 cm³/mol. The molecule has 0 fully saturated rings. The van der Waals surface area contributed by atoms with E-state index in [4.69, 9.17) is 18.9 Å². The lowest BCUT2D eigenvalue weighted by molar-refractivity contribution is 0.139. The molecular weight excluding hydrogens is 276 g/mol. The Morgan fingerprint density at radius 2 is 1.81 bits per heavy atom. The largest absolute Gasteiger partial charge is 0.496 e. The zero-order chi connectivity index (χ0) is 15.2. The number of carbonyl (C=O) groups excluding carboxylic acids is 1. The summed E-state index contributed by atoms with van der Waals surface area (Å²) in [5, 5.41) is 0. The van der Waals surface area contributed by atoms with Gasteiger partial charge < -0.3 is 18.9 Å². The van der Waals surface area contributed by atoms with Crippen LogP contribution in [0.5, 0.6) is 17.2 Å². The van der Waals surface area contributed by atoms with Crippen molar-refractivity contribution >= 4 is 6.09 Å². The van der Waals surface area contributed by atoms with E-state index in [9.17, 15) is 4.79 Å². The Balaban J connectivity index is 2.20. The molecule has 0 aliphatic rings. The zero-order valence-corrected chi connectivity index (χ0v) is 12.0. The fourth-order valence-electron chi connectivity index (χ4n) is 1.80. The predicted octanol–water partition coefficient (Wildman–Crippen LogP) is 2.09. The average Bonchev–Trinajstić information content (AvgIpc) is 3.06. The highest BCUT2D eigenvalue weighted by atomic mass is 16.6. The first kappa shape index (κ1) is 14.7. The van der Waals surface area contributed by atoms with Crippen LogP contribution in [0, 0.1) is 0 Å². The molecule has 0 saturated carbocycles. The molecule has 0 bridgehead atoms. The molecule has 2 rings (SSSR count). The number of aromatic nitrogens is 2. The molecule has 21 heavy (non-hydrogen) atoms. The number of imidazole rings is 1. The summed E-state index contributed by atoms with van der Waals surface area (Å²) >= 11 is 0. The summed E-state index contributed by atoms with van der Waals surface area (Å²) in [6.45, 7) is 0.00730. The Morgan fingerprint density at radius 1 is 1.14 bits per heavy atom. The van der Waals surface area contributed by atoms with Gasteiger partial charge in [-0.05, 0) is 0 Å². The first-order valence-corrected chi connectivity index (χ1v) is 6.13. The third-order valence-corrected chi connectivity index (χ3v) is 2.87. The van der Waals surface area contributed by atoms with Crippen LogP contribution in [0.3, 0.4) is 0 Å². The van der Waals surface area contributed by atoms with Gasteiger partial charge in [-0.2, -0.15) is 0 Å². The number of ether oxygens (including phenoxy) is 4. The van der Waals surface area contributed by atoms with Crippen molar-refractivity contribution in [3.8, 4) is 17.2 Å². The third kappa shape index (κ3) is 3.25. The van der Waals surface area contributed by atoms with Gasteiger partial charge in [-0.25, -0.2) is 14.3 Å². The summed E-state index contributed by atoms with van der Waals surface area (Å²) in [7, 11) is 4.59. The van der Waals surface area contributed by atoms with Crippen molar-refractivity contribution in [1.29, 1.82) is 0 Å². The van der Waals surface area contributed by atoms with Crippen molar-refractivity contribution in [2.75, 3.05) is 21.3 Å². The van der Waals surface area contributed by atoms with Crippen LogP contribution < -0.4 is 14.2 Å². The quantitative estimate of drug-likeness (QED) is 0.840. The number of hydrogen-bond acceptors (Lipinski definition) is 6. The minimum Gasteiger partial charge on any atom is -0.496 e. The van der Waals surface area contributed by atoms with Gasteiger partial charge in [-0.15, -0.1) is 0 Å². The molecule has 0 amide bonds. The number of hydrogen-bond donors (Lipinski definition) is 0. The summed E-state index contributed by atoms with van der Waals surface area (Å²) in [5.74, 6) is 1.63. The summed E-state index contributed by atoms with van der Waals surface area (Å²) in [4.78, 5) is 15.6. The standard InChI is InChI=1S/C14H16N2O5/c1-18-10-6-12(19-2)11(13(7-10)20-3)8-21-14(17)16-5-4-15-9-16/h4-7,9H,8H2,1-3H3. The van der Waals surface area contributed by atoms with Crippen molar-refractivity contribution in [1.82, 2.24) is 9.55 Å². The second-order valence-corrected chi connectivity index (χ2v) is 4.04. The van der Waals surface area contributed by atoms with E-state index in [-0.39, 0.29) is 6.61 Å². The first-order chi connectivity index (χ1) is 10.2. The van der Waals surface area contributed by atoms with Gasteiger partial charge in [0.1, 0.15) is 30.2 Å². The molecule has 112 valence electrons. The van der Waals surface area contributed by atoms with E-state index in [0.29, 0.717) is 22.8 Å². The third-order valence-electron chi connectivity index (χ3n) is 2.87. The number of rotatable bonds is 5. The molecule has 0 unspecified atom stereocenters. The fourth-order valence-corrected chi connectivity index (χ4v) is 1.80. The topological polar surface area (TPSA) is 71.8 Å². The van der Waals surface area contributed by atoms with Crippen molar-refractivity contribution in [3.63, 3.8) is 0 Å². The maximum absolute atomic E-state index is 11.8. The van der Waals surface area contributed by atoms with Crippen LogP contribution in [0.1, 0.15) is 5.56 Å². The molecule has 0 spiro atoms. The van der Waals surface area contributed by atoms with Gasteiger partial charge in [0.15, 0.2) is 0 Å². The Labute approximate surface area is 122 Å². The maximum Gasteiger partial charge on any atom is 0.419 e. The van der Waals surface area contributed by atoms with Gasteiger partial charge in [0.25, 0.3) is 0 Å². The van der Waals surface area contributed by atoms with Gasteiger partial charge in [0.2, 0.25) is 0 Å². The zero-order valence-electron chi connectivity index (χ0n) is 12.0. The molecule has 0 saturated heterocycles. The molecule has 2 aromatic rings. The lowest BCUT2D eigenvalue weighted by Gasteiger charge is -2.15. The number of benzene rings is 1. The normalized spacial score (nSPS) is 10.0. The summed E-state index contributed by atoms with van der Waals surface area (Å²) in [6.07, 6.45) is 3.83.